The van der Waals surface area contributed by atoms with Gasteiger partial charge in [0.1, 0.15) is 5.75 Å². The molecule has 0 bridgehead atoms. The summed E-state index contributed by atoms with van der Waals surface area (Å²) in [5.74, 6) is 4.68. The Bertz CT molecular complexity index is 614. The molecule has 7 heteroatoms. The van der Waals surface area contributed by atoms with Crippen molar-refractivity contribution >= 4 is 23.2 Å². The zero-order valence-corrected chi connectivity index (χ0v) is 12.0. The van der Waals surface area contributed by atoms with Crippen molar-refractivity contribution in [1.82, 2.24) is 10.7 Å². The number of para-hydroxylation sites is 1. The molecular formula is C14H15N3O3S. The number of nitrogens with two attached hydrogens (primary N) is 1. The molecule has 0 atom stereocenters. The molecule has 0 aliphatic carbocycles. The highest BCUT2D eigenvalue weighted by atomic mass is 32.1. The van der Waals surface area contributed by atoms with Crippen molar-refractivity contribution in [2.75, 3.05) is 6.61 Å². The van der Waals surface area contributed by atoms with Gasteiger partial charge in [0, 0.05) is 4.88 Å². The van der Waals surface area contributed by atoms with E-state index in [0.29, 0.717) is 12.3 Å². The van der Waals surface area contributed by atoms with E-state index in [1.165, 1.54) is 0 Å². The number of nitrogen functional groups attached to an aromatic ring is 1. The van der Waals surface area contributed by atoms with Crippen LogP contribution < -0.4 is 21.3 Å². The molecule has 0 radical (unpaired) electrons. The quantitative estimate of drug-likeness (QED) is 0.422. The largest absolute Gasteiger partial charge is 0.483 e. The molecule has 0 aliphatic heterocycles. The summed E-state index contributed by atoms with van der Waals surface area (Å²) in [6.45, 7) is 0.297. The number of benzene rings is 1. The highest BCUT2D eigenvalue weighted by Gasteiger charge is 2.12. The summed E-state index contributed by atoms with van der Waals surface area (Å²) in [5.41, 5.74) is 2.32. The summed E-state index contributed by atoms with van der Waals surface area (Å²) >= 11 is 1.57. The lowest BCUT2D eigenvalue weighted by atomic mass is 10.2. The molecule has 0 spiro atoms. The zero-order chi connectivity index (χ0) is 15.1. The highest BCUT2D eigenvalue weighted by molar-refractivity contribution is 7.09. The Morgan fingerprint density at radius 1 is 1.19 bits per heavy atom. The number of amides is 2. The summed E-state index contributed by atoms with van der Waals surface area (Å²) in [6, 6.07) is 10.4. The lowest BCUT2D eigenvalue weighted by molar-refractivity contribution is -0.123. The Morgan fingerprint density at radius 3 is 2.71 bits per heavy atom. The van der Waals surface area contributed by atoms with E-state index in [-0.39, 0.29) is 18.1 Å². The SMILES string of the molecule is NNC(=O)c1ccccc1OCC(=O)NCc1cccs1. The van der Waals surface area contributed by atoms with Crippen LogP contribution in [0.3, 0.4) is 0 Å². The molecule has 2 amide bonds. The third-order valence-electron chi connectivity index (χ3n) is 2.66. The second-order valence-electron chi connectivity index (χ2n) is 4.11. The average Bonchev–Trinajstić information content (AvgIpc) is 3.04. The van der Waals surface area contributed by atoms with Crippen LogP contribution in [0.5, 0.6) is 5.75 Å². The minimum atomic E-state index is -0.468. The topological polar surface area (TPSA) is 93.4 Å². The van der Waals surface area contributed by atoms with Crippen molar-refractivity contribution in [2.45, 2.75) is 6.54 Å². The van der Waals surface area contributed by atoms with Crippen LogP contribution in [0.25, 0.3) is 0 Å². The van der Waals surface area contributed by atoms with Gasteiger partial charge in [-0.1, -0.05) is 18.2 Å². The number of nitrogens with one attached hydrogen (secondary N) is 2. The van der Waals surface area contributed by atoms with E-state index in [1.54, 1.807) is 35.6 Å². The van der Waals surface area contributed by atoms with E-state index >= 15 is 0 Å². The Balaban J connectivity index is 1.88. The van der Waals surface area contributed by atoms with Gasteiger partial charge in [-0.3, -0.25) is 15.0 Å². The van der Waals surface area contributed by atoms with Crippen molar-refractivity contribution in [3.8, 4) is 5.75 Å². The van der Waals surface area contributed by atoms with E-state index < -0.39 is 5.91 Å². The minimum Gasteiger partial charge on any atom is -0.483 e. The third kappa shape index (κ3) is 4.30. The van der Waals surface area contributed by atoms with Gasteiger partial charge < -0.3 is 10.1 Å². The standard InChI is InChI=1S/C14H15N3O3S/c15-17-14(19)11-5-1-2-6-12(11)20-9-13(18)16-8-10-4-3-7-21-10/h1-7H,8-9,15H2,(H,16,18)(H,17,19). The highest BCUT2D eigenvalue weighted by Crippen LogP contribution is 2.17. The first-order valence-corrected chi connectivity index (χ1v) is 7.10. The molecular weight excluding hydrogens is 290 g/mol. The van der Waals surface area contributed by atoms with Gasteiger partial charge >= 0.3 is 0 Å². The van der Waals surface area contributed by atoms with Crippen LogP contribution in [0.2, 0.25) is 0 Å². The van der Waals surface area contributed by atoms with Crippen molar-refractivity contribution in [1.29, 1.82) is 0 Å². The molecule has 21 heavy (non-hydrogen) atoms. The monoisotopic (exact) mass is 305 g/mol. The van der Waals surface area contributed by atoms with E-state index in [2.05, 4.69) is 5.32 Å². The maximum absolute atomic E-state index is 11.7. The van der Waals surface area contributed by atoms with Gasteiger partial charge in [-0.05, 0) is 23.6 Å². The molecule has 0 saturated heterocycles. The number of hydrogen-bond acceptors (Lipinski definition) is 5. The number of rotatable bonds is 6. The summed E-state index contributed by atoms with van der Waals surface area (Å²) in [4.78, 5) is 24.3. The number of carbonyl (C=O) groups is 2. The molecule has 0 saturated carbocycles. The molecule has 6 nitrogen and oxygen atoms in total. The fraction of sp³-hybridized carbons (Fsp3) is 0.143. The predicted molar refractivity (Wildman–Crippen MR) is 79.8 cm³/mol. The fourth-order valence-electron chi connectivity index (χ4n) is 1.65. The molecule has 0 fully saturated rings. The van der Waals surface area contributed by atoms with Crippen molar-refractivity contribution in [3.05, 3.63) is 52.2 Å². The van der Waals surface area contributed by atoms with Crippen molar-refractivity contribution < 1.29 is 14.3 Å². The van der Waals surface area contributed by atoms with Crippen LogP contribution in [-0.2, 0) is 11.3 Å². The molecule has 4 N–H and O–H groups in total. The smallest absolute Gasteiger partial charge is 0.268 e. The molecule has 1 heterocycles. The second-order valence-corrected chi connectivity index (χ2v) is 5.15. The van der Waals surface area contributed by atoms with Gasteiger partial charge in [0.2, 0.25) is 0 Å². The molecule has 0 aliphatic rings. The van der Waals surface area contributed by atoms with Crippen LogP contribution in [0.1, 0.15) is 15.2 Å². The lowest BCUT2D eigenvalue weighted by Crippen LogP contribution is -2.31. The van der Waals surface area contributed by atoms with Gasteiger partial charge in [0.05, 0.1) is 12.1 Å². The van der Waals surface area contributed by atoms with E-state index in [1.807, 2.05) is 22.9 Å². The maximum Gasteiger partial charge on any atom is 0.268 e. The normalized spacial score (nSPS) is 9.95. The Morgan fingerprint density at radius 2 is 2.00 bits per heavy atom. The van der Waals surface area contributed by atoms with Crippen molar-refractivity contribution in [2.24, 2.45) is 5.84 Å². The first-order valence-electron chi connectivity index (χ1n) is 6.22. The lowest BCUT2D eigenvalue weighted by Gasteiger charge is -2.10. The summed E-state index contributed by atoms with van der Waals surface area (Å²) < 4.78 is 5.37. The van der Waals surface area contributed by atoms with Gasteiger partial charge in [-0.15, -0.1) is 11.3 Å². The van der Waals surface area contributed by atoms with Crippen LogP contribution in [-0.4, -0.2) is 18.4 Å². The first-order chi connectivity index (χ1) is 10.2. The molecule has 2 aromatic rings. The summed E-state index contributed by atoms with van der Waals surface area (Å²) in [7, 11) is 0. The Labute approximate surface area is 125 Å². The van der Waals surface area contributed by atoms with E-state index in [0.717, 1.165) is 4.88 Å². The van der Waals surface area contributed by atoms with Gasteiger partial charge in [-0.2, -0.15) is 0 Å². The maximum atomic E-state index is 11.7. The van der Waals surface area contributed by atoms with Crippen molar-refractivity contribution in [3.63, 3.8) is 0 Å². The fourth-order valence-corrected chi connectivity index (χ4v) is 2.30. The van der Waals surface area contributed by atoms with Crippen LogP contribution >= 0.6 is 11.3 Å². The molecule has 2 rings (SSSR count). The summed E-state index contributed by atoms with van der Waals surface area (Å²) in [5, 5.41) is 4.68. The van der Waals surface area contributed by atoms with Crippen LogP contribution in [0.4, 0.5) is 0 Å². The Kier molecular flexibility index (Phi) is 5.30. The Hall–Kier alpha value is -2.38. The first kappa shape index (κ1) is 15.0. The molecule has 0 unspecified atom stereocenters. The molecule has 1 aromatic heterocycles. The van der Waals surface area contributed by atoms with Crippen LogP contribution in [0, 0.1) is 0 Å². The third-order valence-corrected chi connectivity index (χ3v) is 3.54. The predicted octanol–water partition coefficient (Wildman–Crippen LogP) is 1.05. The number of ether oxygens (including phenoxy) is 1. The minimum absolute atomic E-state index is 0.166. The van der Waals surface area contributed by atoms with E-state index in [4.69, 9.17) is 10.6 Å². The summed E-state index contributed by atoms with van der Waals surface area (Å²) in [6.07, 6.45) is 0. The van der Waals surface area contributed by atoms with Crippen LogP contribution in [0.15, 0.2) is 41.8 Å². The van der Waals surface area contributed by atoms with Gasteiger partial charge in [-0.25, -0.2) is 5.84 Å². The molecule has 1 aromatic carbocycles. The number of hydrazine groups is 1. The van der Waals surface area contributed by atoms with Gasteiger partial charge in [0.25, 0.3) is 11.8 Å². The zero-order valence-electron chi connectivity index (χ0n) is 11.2. The van der Waals surface area contributed by atoms with Gasteiger partial charge in [0.15, 0.2) is 6.61 Å². The number of carbonyl (C=O) groups excluding carboxylic acids is 2. The average molecular weight is 305 g/mol. The number of thiophene rings is 1. The van der Waals surface area contributed by atoms with E-state index in [9.17, 15) is 9.59 Å². The molecule has 110 valence electrons. The second kappa shape index (κ2) is 7.41. The number of hydrogen-bond donors (Lipinski definition) is 3.